The van der Waals surface area contributed by atoms with Gasteiger partial charge in [-0.1, -0.05) is 42.5 Å². The van der Waals surface area contributed by atoms with Crippen molar-refractivity contribution in [2.45, 2.75) is 23.8 Å². The number of piperidine rings is 1. The fourth-order valence-electron chi connectivity index (χ4n) is 4.53. The number of morpholine rings is 1. The highest BCUT2D eigenvalue weighted by Crippen LogP contribution is 2.26. The second kappa shape index (κ2) is 11.1. The molecule has 0 aromatic heterocycles. The molecule has 0 radical (unpaired) electrons. The van der Waals surface area contributed by atoms with E-state index in [1.165, 1.54) is 16.4 Å². The average Bonchev–Trinajstić information content (AvgIpc) is 2.89. The number of sulfonamides is 1. The van der Waals surface area contributed by atoms with Gasteiger partial charge in [0.2, 0.25) is 15.9 Å². The number of hydrogen-bond acceptors (Lipinski definition) is 6. The van der Waals surface area contributed by atoms with Crippen molar-refractivity contribution in [3.05, 3.63) is 65.7 Å². The second-order valence-electron chi connectivity index (χ2n) is 8.67. The minimum Gasteiger partial charge on any atom is -0.379 e. The van der Waals surface area contributed by atoms with E-state index in [9.17, 15) is 18.5 Å². The van der Waals surface area contributed by atoms with E-state index >= 15 is 0 Å². The Kier molecular flexibility index (Phi) is 7.95. The van der Waals surface area contributed by atoms with Crippen molar-refractivity contribution in [3.8, 4) is 6.07 Å². The number of nitrogens with zero attached hydrogens (tertiary/aromatic N) is 3. The van der Waals surface area contributed by atoms with Gasteiger partial charge in [0.1, 0.15) is 6.07 Å². The SMILES string of the molecule is N#Cc1ccccc1S(=O)(=O)N1CCC(C(=O)NC(CN2CCOCC2)c2ccccc2)CC1. The number of carbonyl (C=O) groups is 1. The molecule has 2 fully saturated rings. The first-order chi connectivity index (χ1) is 16.5. The standard InChI is InChI=1S/C25H30N4O4S/c26-18-22-8-4-5-9-24(22)34(31,32)29-12-10-21(11-13-29)25(30)27-23(20-6-2-1-3-7-20)19-28-14-16-33-17-15-28/h1-9,21,23H,10-17,19H2,(H,27,30). The third-order valence-electron chi connectivity index (χ3n) is 6.51. The van der Waals surface area contributed by atoms with Gasteiger partial charge >= 0.3 is 0 Å². The highest BCUT2D eigenvalue weighted by Gasteiger charge is 2.34. The molecule has 2 aliphatic heterocycles. The van der Waals surface area contributed by atoms with Gasteiger partial charge in [-0.3, -0.25) is 9.69 Å². The Morgan fingerprint density at radius 3 is 2.35 bits per heavy atom. The lowest BCUT2D eigenvalue weighted by Gasteiger charge is -2.34. The van der Waals surface area contributed by atoms with Crippen LogP contribution >= 0.6 is 0 Å². The summed E-state index contributed by atoms with van der Waals surface area (Å²) in [5.74, 6) is -0.301. The van der Waals surface area contributed by atoms with Gasteiger partial charge < -0.3 is 10.1 Å². The Morgan fingerprint density at radius 2 is 1.68 bits per heavy atom. The number of carbonyl (C=O) groups excluding carboxylic acids is 1. The highest BCUT2D eigenvalue weighted by atomic mass is 32.2. The predicted octanol–water partition coefficient (Wildman–Crippen LogP) is 2.15. The van der Waals surface area contributed by atoms with Crippen molar-refractivity contribution >= 4 is 15.9 Å². The molecular formula is C25H30N4O4S. The zero-order valence-electron chi connectivity index (χ0n) is 19.1. The van der Waals surface area contributed by atoms with Gasteiger partial charge in [-0.2, -0.15) is 9.57 Å². The molecule has 4 rings (SSSR count). The molecule has 2 heterocycles. The summed E-state index contributed by atoms with van der Waals surface area (Å²) in [6, 6.07) is 18.0. The van der Waals surface area contributed by atoms with Crippen LogP contribution in [0.15, 0.2) is 59.5 Å². The minimum atomic E-state index is -3.78. The average molecular weight is 483 g/mol. The fourth-order valence-corrected chi connectivity index (χ4v) is 6.14. The Bertz CT molecular complexity index is 1120. The lowest BCUT2D eigenvalue weighted by molar-refractivity contribution is -0.127. The van der Waals surface area contributed by atoms with Crippen LogP contribution in [0.3, 0.4) is 0 Å². The molecule has 0 aliphatic carbocycles. The summed E-state index contributed by atoms with van der Waals surface area (Å²) in [6.07, 6.45) is 0.887. The lowest BCUT2D eigenvalue weighted by Crippen LogP contribution is -2.46. The van der Waals surface area contributed by atoms with Crippen molar-refractivity contribution in [3.63, 3.8) is 0 Å². The number of rotatable bonds is 7. The molecule has 1 unspecified atom stereocenters. The van der Waals surface area contributed by atoms with Crippen LogP contribution in [0.5, 0.6) is 0 Å². The van der Waals surface area contributed by atoms with E-state index in [-0.39, 0.29) is 41.4 Å². The van der Waals surface area contributed by atoms with Crippen molar-refractivity contribution in [2.75, 3.05) is 45.9 Å². The van der Waals surface area contributed by atoms with E-state index in [4.69, 9.17) is 4.74 Å². The summed E-state index contributed by atoms with van der Waals surface area (Å²) < 4.78 is 33.0. The first-order valence-electron chi connectivity index (χ1n) is 11.6. The Balaban J connectivity index is 1.40. The number of hydrogen-bond donors (Lipinski definition) is 1. The summed E-state index contributed by atoms with van der Waals surface area (Å²) in [5.41, 5.74) is 1.19. The Hall–Kier alpha value is -2.77. The van der Waals surface area contributed by atoms with E-state index in [0.717, 1.165) is 18.7 Å². The Labute approximate surface area is 201 Å². The molecule has 180 valence electrons. The summed E-state index contributed by atoms with van der Waals surface area (Å²) in [5, 5.41) is 12.5. The van der Waals surface area contributed by atoms with E-state index < -0.39 is 10.0 Å². The fraction of sp³-hybridized carbons (Fsp3) is 0.440. The molecule has 8 nitrogen and oxygen atoms in total. The van der Waals surface area contributed by atoms with Crippen LogP contribution in [0.1, 0.15) is 30.0 Å². The van der Waals surface area contributed by atoms with E-state index in [1.807, 2.05) is 36.4 Å². The molecule has 34 heavy (non-hydrogen) atoms. The van der Waals surface area contributed by atoms with Gasteiger partial charge in [0.25, 0.3) is 0 Å². The van der Waals surface area contributed by atoms with Gasteiger partial charge in [-0.05, 0) is 30.5 Å². The normalized spacial score (nSPS) is 19.3. The van der Waals surface area contributed by atoms with Crippen LogP contribution in [0.4, 0.5) is 0 Å². The van der Waals surface area contributed by atoms with Crippen molar-refractivity contribution < 1.29 is 17.9 Å². The monoisotopic (exact) mass is 482 g/mol. The number of nitrogens with one attached hydrogen (secondary N) is 1. The van der Waals surface area contributed by atoms with E-state index in [0.29, 0.717) is 32.6 Å². The maximum Gasteiger partial charge on any atom is 0.244 e. The van der Waals surface area contributed by atoms with Crippen LogP contribution in [0.25, 0.3) is 0 Å². The largest absolute Gasteiger partial charge is 0.379 e. The molecule has 0 saturated carbocycles. The highest BCUT2D eigenvalue weighted by molar-refractivity contribution is 7.89. The topological polar surface area (TPSA) is 103 Å². The molecule has 1 N–H and O–H groups in total. The van der Waals surface area contributed by atoms with Crippen LogP contribution in [0, 0.1) is 17.2 Å². The zero-order valence-corrected chi connectivity index (χ0v) is 19.9. The van der Waals surface area contributed by atoms with Crippen molar-refractivity contribution in [2.24, 2.45) is 5.92 Å². The Morgan fingerprint density at radius 1 is 1.03 bits per heavy atom. The third-order valence-corrected chi connectivity index (χ3v) is 8.47. The van der Waals surface area contributed by atoms with Crippen LogP contribution in [0.2, 0.25) is 0 Å². The van der Waals surface area contributed by atoms with Gasteiger partial charge in [0, 0.05) is 38.6 Å². The smallest absolute Gasteiger partial charge is 0.244 e. The zero-order chi connectivity index (χ0) is 24.0. The van der Waals surface area contributed by atoms with E-state index in [1.54, 1.807) is 12.1 Å². The van der Waals surface area contributed by atoms with Crippen LogP contribution in [-0.4, -0.2) is 69.5 Å². The molecule has 2 saturated heterocycles. The molecule has 0 bridgehead atoms. The summed E-state index contributed by atoms with van der Waals surface area (Å²) in [4.78, 5) is 15.5. The van der Waals surface area contributed by atoms with Crippen LogP contribution < -0.4 is 5.32 Å². The molecular weight excluding hydrogens is 452 g/mol. The summed E-state index contributed by atoms with van der Waals surface area (Å²) in [6.45, 7) is 4.25. The lowest BCUT2D eigenvalue weighted by atomic mass is 9.96. The first-order valence-corrected chi connectivity index (χ1v) is 13.1. The number of amides is 1. The maximum atomic E-state index is 13.2. The van der Waals surface area contributed by atoms with Gasteiger partial charge in [0.15, 0.2) is 0 Å². The van der Waals surface area contributed by atoms with Crippen LogP contribution in [-0.2, 0) is 19.6 Å². The molecule has 1 atom stereocenters. The molecule has 0 spiro atoms. The second-order valence-corrected chi connectivity index (χ2v) is 10.6. The molecule has 2 aromatic rings. The minimum absolute atomic E-state index is 0.0232. The van der Waals surface area contributed by atoms with Gasteiger partial charge in [-0.15, -0.1) is 0 Å². The first kappa shape index (κ1) is 24.4. The quantitative estimate of drug-likeness (QED) is 0.649. The molecule has 2 aliphatic rings. The van der Waals surface area contributed by atoms with E-state index in [2.05, 4.69) is 10.2 Å². The van der Waals surface area contributed by atoms with Gasteiger partial charge in [0.05, 0.1) is 29.7 Å². The molecule has 2 aromatic carbocycles. The predicted molar refractivity (Wildman–Crippen MR) is 127 cm³/mol. The maximum absolute atomic E-state index is 13.2. The van der Waals surface area contributed by atoms with Gasteiger partial charge in [-0.25, -0.2) is 8.42 Å². The number of benzene rings is 2. The molecule has 9 heteroatoms. The van der Waals surface area contributed by atoms with Crippen molar-refractivity contribution in [1.82, 2.24) is 14.5 Å². The summed E-state index contributed by atoms with van der Waals surface area (Å²) in [7, 11) is -3.78. The molecule has 1 amide bonds. The number of ether oxygens (including phenoxy) is 1. The van der Waals surface area contributed by atoms with Crippen molar-refractivity contribution in [1.29, 1.82) is 5.26 Å². The third kappa shape index (κ3) is 5.65. The summed E-state index contributed by atoms with van der Waals surface area (Å²) >= 11 is 0. The number of nitriles is 1.